The predicted octanol–water partition coefficient (Wildman–Crippen LogP) is 5.25. The molecule has 488 valence electrons. The molecule has 95 heavy (non-hydrogen) atoms. The number of rotatable bonds is 14. The fraction of sp³-hybridized carbons (Fsp3) is 0.373. The molecule has 3 amide bonds. The maximum Gasteiger partial charge on any atom is 0.256 e. The zero-order valence-electron chi connectivity index (χ0n) is 54.5. The fourth-order valence-corrected chi connectivity index (χ4v) is 14.2. The minimum absolute atomic E-state index is 0.158. The second-order valence-corrected chi connectivity index (χ2v) is 25.3. The van der Waals surface area contributed by atoms with E-state index in [9.17, 15) is 19.5 Å². The molecule has 28 heteroatoms. The average molecular weight is 1280 g/mol. The van der Waals surface area contributed by atoms with E-state index in [4.69, 9.17) is 44.9 Å². The summed E-state index contributed by atoms with van der Waals surface area (Å²) in [6.45, 7) is 12.6. The Labute approximate surface area is 545 Å². The number of benzene rings is 3. The summed E-state index contributed by atoms with van der Waals surface area (Å²) in [5.74, 6) is 0.589. The van der Waals surface area contributed by atoms with E-state index in [0.29, 0.717) is 144 Å². The number of carbonyl (C=O) groups excluding carboxylic acids is 3. The lowest BCUT2D eigenvalue weighted by molar-refractivity contribution is 0.0956. The topological polar surface area (TPSA) is 292 Å². The quantitative estimate of drug-likeness (QED) is 0.0731. The molecule has 0 unspecified atom stereocenters. The summed E-state index contributed by atoms with van der Waals surface area (Å²) >= 11 is 0. The molecule has 0 saturated carbocycles. The highest BCUT2D eigenvalue weighted by molar-refractivity contribution is 6.17. The minimum Gasteiger partial charge on any atom is -0.395 e. The van der Waals surface area contributed by atoms with Crippen molar-refractivity contribution in [3.63, 3.8) is 0 Å². The molecular formula is C67H76N24O4. The van der Waals surface area contributed by atoms with E-state index >= 15 is 0 Å². The second-order valence-electron chi connectivity index (χ2n) is 25.3. The number of anilines is 7. The monoisotopic (exact) mass is 1280 g/mol. The van der Waals surface area contributed by atoms with Gasteiger partial charge in [-0.3, -0.25) is 27.6 Å². The van der Waals surface area contributed by atoms with Gasteiger partial charge < -0.3 is 66.4 Å². The highest BCUT2D eigenvalue weighted by Gasteiger charge is 2.32. The molecule has 9 aromatic heterocycles. The van der Waals surface area contributed by atoms with Crippen LogP contribution in [-0.2, 0) is 6.54 Å². The number of aromatic nitrogens is 12. The van der Waals surface area contributed by atoms with Crippen LogP contribution < -0.4 is 51.5 Å². The Balaban J connectivity index is 0.892. The third-order valence-corrected chi connectivity index (χ3v) is 18.7. The number of nitrogens with one attached hydrogen (secondary N) is 6. The zero-order chi connectivity index (χ0) is 65.5. The normalized spacial score (nSPS) is 17.1. The van der Waals surface area contributed by atoms with Gasteiger partial charge in [-0.1, -0.05) is 18.2 Å². The fourth-order valence-electron chi connectivity index (χ4n) is 14.2. The third kappa shape index (κ3) is 10.6. The number of imidazole rings is 3. The lowest BCUT2D eigenvalue weighted by Crippen LogP contribution is -2.54. The largest absolute Gasteiger partial charge is 0.395 e. The zero-order valence-corrected chi connectivity index (χ0v) is 54.5. The maximum atomic E-state index is 14.9. The molecule has 3 aromatic carbocycles. The number of nitrogens with zero attached hydrogens (tertiary/aromatic N) is 18. The molecule has 0 aliphatic carbocycles. The highest BCUT2D eigenvalue weighted by atomic mass is 16.3. The number of hydrogen-bond acceptors (Lipinski definition) is 22. The number of carbonyl (C=O) groups is 3. The summed E-state index contributed by atoms with van der Waals surface area (Å²) in [5.41, 5.74) is 10.7. The molecule has 0 radical (unpaired) electrons. The molecule has 12 heterocycles. The molecule has 3 saturated heterocycles. The number of piperazine rings is 1. The number of para-hydroxylation sites is 2. The lowest BCUT2D eigenvalue weighted by Gasteiger charge is -2.36. The van der Waals surface area contributed by atoms with Gasteiger partial charge in [0.05, 0.1) is 72.9 Å². The van der Waals surface area contributed by atoms with Crippen molar-refractivity contribution in [1.29, 1.82) is 0 Å². The van der Waals surface area contributed by atoms with E-state index < -0.39 is 11.8 Å². The predicted molar refractivity (Wildman–Crippen MR) is 371 cm³/mol. The smallest absolute Gasteiger partial charge is 0.256 e. The van der Waals surface area contributed by atoms with Crippen molar-refractivity contribution in [2.24, 2.45) is 0 Å². The van der Waals surface area contributed by atoms with Gasteiger partial charge in [-0.2, -0.15) is 15.0 Å². The summed E-state index contributed by atoms with van der Waals surface area (Å²) in [6, 6.07) is 20.0. The second kappa shape index (κ2) is 24.5. The van der Waals surface area contributed by atoms with Crippen molar-refractivity contribution < 1.29 is 19.5 Å². The first kappa shape index (κ1) is 60.8. The van der Waals surface area contributed by atoms with Crippen molar-refractivity contribution >= 4 is 141 Å². The van der Waals surface area contributed by atoms with Crippen molar-refractivity contribution in [2.45, 2.75) is 45.3 Å². The van der Waals surface area contributed by atoms with Crippen LogP contribution in [0.1, 0.15) is 63.3 Å². The molecule has 0 bridgehead atoms. The number of aliphatic hydroxyl groups is 1. The van der Waals surface area contributed by atoms with Gasteiger partial charge in [-0.05, 0) is 102 Å². The van der Waals surface area contributed by atoms with Crippen LogP contribution in [0.3, 0.4) is 0 Å². The molecule has 7 N–H and O–H groups in total. The van der Waals surface area contributed by atoms with E-state index in [-0.39, 0.29) is 42.3 Å². The Morgan fingerprint density at radius 2 is 1.06 bits per heavy atom. The Kier molecular flexibility index (Phi) is 15.7. The van der Waals surface area contributed by atoms with Gasteiger partial charge in [-0.25, -0.2) is 29.9 Å². The van der Waals surface area contributed by atoms with Gasteiger partial charge in [0.1, 0.15) is 16.7 Å². The number of fused-ring (bicyclic) bond motifs is 15. The van der Waals surface area contributed by atoms with E-state index in [1.807, 2.05) is 92.0 Å². The average Bonchev–Trinajstić information content (AvgIpc) is 1.65. The number of amides is 3. The van der Waals surface area contributed by atoms with Crippen LogP contribution in [0, 0.1) is 0 Å². The Bertz CT molecular complexity index is 5080. The summed E-state index contributed by atoms with van der Waals surface area (Å²) in [4.78, 5) is 103. The van der Waals surface area contributed by atoms with Gasteiger partial charge in [0.25, 0.3) is 17.7 Å². The Morgan fingerprint density at radius 1 is 0.547 bits per heavy atom. The number of hydrogen-bond donors (Lipinski definition) is 7. The number of likely N-dealkylation sites (N-methyl/N-ethyl adjacent to an activating group) is 2. The molecule has 3 fully saturated rings. The molecule has 3 aliphatic rings. The molecule has 0 spiro atoms. The van der Waals surface area contributed by atoms with Crippen molar-refractivity contribution in [3.05, 3.63) is 102 Å². The van der Waals surface area contributed by atoms with E-state index in [1.54, 1.807) is 33.5 Å². The first-order valence-electron chi connectivity index (χ1n) is 32.5. The van der Waals surface area contributed by atoms with Crippen LogP contribution in [0.15, 0.2) is 79.3 Å². The van der Waals surface area contributed by atoms with E-state index in [2.05, 4.69) is 84.3 Å². The molecule has 28 nitrogen and oxygen atoms in total. The first-order valence-corrected chi connectivity index (χ1v) is 32.5. The van der Waals surface area contributed by atoms with Gasteiger partial charge in [0, 0.05) is 130 Å². The number of aliphatic hydroxyl groups excluding tert-OH is 1. The van der Waals surface area contributed by atoms with Crippen LogP contribution in [0.2, 0.25) is 0 Å². The van der Waals surface area contributed by atoms with E-state index in [1.165, 1.54) is 0 Å². The summed E-state index contributed by atoms with van der Waals surface area (Å²) in [7, 11) is 11.0. The lowest BCUT2D eigenvalue weighted by atomic mass is 10.1. The standard InChI is InChI=1S/C67H76N24O4/c1-37-34-88(35-38(2)75-37)67-73-31-41-53(71-19-28-92)50(62(93)68-3)59-78-45-17-16-40(30-49(45)91(59)56(41)81-67)76-54-42-32-72-65(86-22-11-20-83(6)24-26-86)80-57(42)90-48-18-15-39(29-46(48)79-60(90)51(54)63(94)69-4)36-85(8)55-43-33-74-66(87-23-12-21-84(7)25-27-87)82-58(43)89-47-14-10-9-13-44(47)77-61(89)52(55)64(95)70-5/h9-10,13-18,29-33,37-38,71,75-76,92H,11-12,19-28,34-36H2,1-8H3,(H,68,93)(H,69,94)(H,70,95)/t37-,38+. The van der Waals surface area contributed by atoms with E-state index in [0.717, 1.165) is 75.3 Å². The SMILES string of the molecule is CNC(=O)c1c(NCCO)c2cnc(N3C[C@@H](C)N[C@@H](C)C3)nc2n2c1nc1ccc(Nc3c(C(=O)NC)c4nc5cc(CN(C)c6c(C(=O)NC)c7nc8ccccc8n7c7nc(N8CCCN(C)CC8)ncc67)ccc5n4c4nc(N5CCCN(C)CC5)ncc34)cc12. The maximum absolute atomic E-state index is 14.9. The van der Waals surface area contributed by atoms with Crippen LogP contribution in [-0.4, -0.2) is 224 Å². The highest BCUT2D eigenvalue weighted by Crippen LogP contribution is 2.41. The molecular weight excluding hydrogens is 1200 g/mol. The van der Waals surface area contributed by atoms with Gasteiger partial charge in [0.15, 0.2) is 33.9 Å². The summed E-state index contributed by atoms with van der Waals surface area (Å²) in [6.07, 6.45) is 7.26. The minimum atomic E-state index is -0.403. The van der Waals surface area contributed by atoms with Crippen LogP contribution in [0.5, 0.6) is 0 Å². The van der Waals surface area contributed by atoms with Crippen molar-refractivity contribution in [3.8, 4) is 0 Å². The molecule has 2 atom stereocenters. The Morgan fingerprint density at radius 3 is 1.68 bits per heavy atom. The van der Waals surface area contributed by atoms with Crippen LogP contribution >= 0.6 is 0 Å². The van der Waals surface area contributed by atoms with Gasteiger partial charge in [-0.15, -0.1) is 0 Å². The van der Waals surface area contributed by atoms with Crippen LogP contribution in [0.25, 0.3) is 83.1 Å². The van der Waals surface area contributed by atoms with Gasteiger partial charge >= 0.3 is 0 Å². The van der Waals surface area contributed by atoms with Crippen molar-refractivity contribution in [1.82, 2.24) is 89.1 Å². The number of pyridine rings is 3. The molecule has 15 rings (SSSR count). The molecule has 12 aromatic rings. The molecule has 3 aliphatic heterocycles. The summed E-state index contributed by atoms with van der Waals surface area (Å²) < 4.78 is 5.82. The summed E-state index contributed by atoms with van der Waals surface area (Å²) in [5, 5.41) is 31.1. The first-order chi connectivity index (χ1) is 46.2. The van der Waals surface area contributed by atoms with Crippen molar-refractivity contribution in [2.75, 3.05) is 151 Å². The Hall–Kier alpha value is -10.4. The van der Waals surface area contributed by atoms with Gasteiger partial charge in [0.2, 0.25) is 17.8 Å². The third-order valence-electron chi connectivity index (χ3n) is 18.7. The van der Waals surface area contributed by atoms with Crippen LogP contribution in [0.4, 0.5) is 40.6 Å².